The Morgan fingerprint density at radius 2 is 1.73 bits per heavy atom. The van der Waals surface area contributed by atoms with Crippen molar-refractivity contribution < 1.29 is 9.47 Å². The molecule has 1 saturated carbocycles. The maximum absolute atomic E-state index is 5.12. The lowest BCUT2D eigenvalue weighted by molar-refractivity contribution is -0.0990. The van der Waals surface area contributed by atoms with Crippen molar-refractivity contribution in [3.63, 3.8) is 0 Å². The predicted molar refractivity (Wildman–Crippen MR) is 61.8 cm³/mol. The minimum atomic E-state index is -0.104. The van der Waals surface area contributed by atoms with Crippen LogP contribution in [0.3, 0.4) is 0 Å². The van der Waals surface area contributed by atoms with E-state index in [1.165, 1.54) is 25.7 Å². The largest absolute Gasteiger partial charge is 0.355 e. The summed E-state index contributed by atoms with van der Waals surface area (Å²) in [5.74, 6) is 1.79. The lowest BCUT2D eigenvalue weighted by Gasteiger charge is -2.26. The van der Waals surface area contributed by atoms with E-state index in [0.717, 1.165) is 24.9 Å². The lowest BCUT2D eigenvalue weighted by Crippen LogP contribution is -2.34. The van der Waals surface area contributed by atoms with Gasteiger partial charge in [-0.15, -0.1) is 0 Å². The molecule has 1 N–H and O–H groups in total. The van der Waals surface area contributed by atoms with Gasteiger partial charge in [0.25, 0.3) is 0 Å². The topological polar surface area (TPSA) is 30.5 Å². The summed E-state index contributed by atoms with van der Waals surface area (Å²) in [6.45, 7) is 4.25. The second kappa shape index (κ2) is 7.20. The summed E-state index contributed by atoms with van der Waals surface area (Å²) < 4.78 is 10.2. The molecule has 1 fully saturated rings. The molecule has 0 unspecified atom stereocenters. The molecule has 3 heteroatoms. The van der Waals surface area contributed by atoms with Crippen molar-refractivity contribution >= 4 is 0 Å². The second-order valence-electron chi connectivity index (χ2n) is 4.69. The minimum Gasteiger partial charge on any atom is -0.355 e. The fraction of sp³-hybridized carbons (Fsp3) is 1.00. The van der Waals surface area contributed by atoms with Gasteiger partial charge in [-0.2, -0.15) is 0 Å². The van der Waals surface area contributed by atoms with Gasteiger partial charge in [-0.25, -0.2) is 0 Å². The molecule has 0 atom stereocenters. The number of nitrogens with one attached hydrogen (secondary N) is 1. The Bertz CT molecular complexity index is 152. The molecule has 0 bridgehead atoms. The zero-order valence-electron chi connectivity index (χ0n) is 10.3. The van der Waals surface area contributed by atoms with Gasteiger partial charge < -0.3 is 14.8 Å². The van der Waals surface area contributed by atoms with Crippen molar-refractivity contribution in [2.75, 3.05) is 27.3 Å². The molecule has 0 saturated heterocycles. The van der Waals surface area contributed by atoms with Gasteiger partial charge in [0.2, 0.25) is 0 Å². The Morgan fingerprint density at radius 3 is 2.27 bits per heavy atom. The first-order valence-electron chi connectivity index (χ1n) is 6.02. The van der Waals surface area contributed by atoms with Crippen LogP contribution in [0.2, 0.25) is 0 Å². The molecule has 3 nitrogen and oxygen atoms in total. The second-order valence-corrected chi connectivity index (χ2v) is 4.69. The highest BCUT2D eigenvalue weighted by Gasteiger charge is 2.17. The van der Waals surface area contributed by atoms with Gasteiger partial charge in [0.15, 0.2) is 6.29 Å². The molecule has 0 aromatic carbocycles. The van der Waals surface area contributed by atoms with E-state index < -0.39 is 0 Å². The van der Waals surface area contributed by atoms with E-state index in [0.29, 0.717) is 0 Å². The zero-order valence-corrected chi connectivity index (χ0v) is 10.3. The third kappa shape index (κ3) is 4.96. The summed E-state index contributed by atoms with van der Waals surface area (Å²) in [7, 11) is 3.36. The fourth-order valence-corrected chi connectivity index (χ4v) is 2.20. The average molecular weight is 215 g/mol. The Labute approximate surface area is 93.5 Å². The van der Waals surface area contributed by atoms with E-state index in [-0.39, 0.29) is 6.29 Å². The molecule has 1 aliphatic rings. The van der Waals surface area contributed by atoms with Crippen LogP contribution in [0.25, 0.3) is 0 Å². The molecule has 0 heterocycles. The summed E-state index contributed by atoms with van der Waals surface area (Å²) in [4.78, 5) is 0. The van der Waals surface area contributed by atoms with E-state index in [1.807, 2.05) is 0 Å². The van der Waals surface area contributed by atoms with E-state index in [9.17, 15) is 0 Å². The van der Waals surface area contributed by atoms with Gasteiger partial charge >= 0.3 is 0 Å². The Hall–Kier alpha value is -0.120. The highest BCUT2D eigenvalue weighted by atomic mass is 16.7. The van der Waals surface area contributed by atoms with Gasteiger partial charge in [0.1, 0.15) is 0 Å². The van der Waals surface area contributed by atoms with Crippen molar-refractivity contribution in [3.8, 4) is 0 Å². The summed E-state index contributed by atoms with van der Waals surface area (Å²) in [5, 5.41) is 3.42. The van der Waals surface area contributed by atoms with Crippen LogP contribution in [0.5, 0.6) is 0 Å². The molecule has 0 radical (unpaired) electrons. The van der Waals surface area contributed by atoms with Crippen molar-refractivity contribution in [2.24, 2.45) is 11.8 Å². The van der Waals surface area contributed by atoms with Gasteiger partial charge in [0, 0.05) is 20.8 Å². The van der Waals surface area contributed by atoms with Gasteiger partial charge in [-0.05, 0) is 31.2 Å². The normalized spacial score (nSPS) is 27.2. The summed E-state index contributed by atoms with van der Waals surface area (Å²) in [5.41, 5.74) is 0. The van der Waals surface area contributed by atoms with Crippen LogP contribution >= 0.6 is 0 Å². The molecule has 90 valence electrons. The monoisotopic (exact) mass is 215 g/mol. The molecule has 0 aromatic rings. The lowest BCUT2D eigenvalue weighted by atomic mass is 9.83. The van der Waals surface area contributed by atoms with Crippen LogP contribution in [0.15, 0.2) is 0 Å². The third-order valence-electron chi connectivity index (χ3n) is 3.41. The van der Waals surface area contributed by atoms with Crippen molar-refractivity contribution in [3.05, 3.63) is 0 Å². The molecule has 1 aliphatic carbocycles. The van der Waals surface area contributed by atoms with Crippen LogP contribution in [-0.2, 0) is 9.47 Å². The molecule has 15 heavy (non-hydrogen) atoms. The van der Waals surface area contributed by atoms with Crippen LogP contribution < -0.4 is 5.32 Å². The molecule has 0 aromatic heterocycles. The Kier molecular flexibility index (Phi) is 6.22. The van der Waals surface area contributed by atoms with E-state index in [4.69, 9.17) is 9.47 Å². The maximum Gasteiger partial charge on any atom is 0.169 e. The van der Waals surface area contributed by atoms with Crippen LogP contribution in [0.1, 0.15) is 32.6 Å². The van der Waals surface area contributed by atoms with E-state index in [2.05, 4.69) is 12.2 Å². The van der Waals surface area contributed by atoms with Gasteiger partial charge in [0.05, 0.1) is 0 Å². The molecule has 0 amide bonds. The molecular formula is C12H25NO2. The van der Waals surface area contributed by atoms with Crippen molar-refractivity contribution in [1.82, 2.24) is 5.32 Å². The quantitative estimate of drug-likeness (QED) is 0.688. The Balaban J connectivity index is 2.04. The zero-order chi connectivity index (χ0) is 11.1. The maximum atomic E-state index is 5.12. The number of rotatable bonds is 6. The average Bonchev–Trinajstić information content (AvgIpc) is 2.27. The smallest absolute Gasteiger partial charge is 0.169 e. The summed E-state index contributed by atoms with van der Waals surface area (Å²) in [6.07, 6.45) is 5.43. The SMILES string of the molecule is COC(CNCC1CCC(C)CC1)OC. The van der Waals surface area contributed by atoms with Crippen LogP contribution in [0.4, 0.5) is 0 Å². The third-order valence-corrected chi connectivity index (χ3v) is 3.41. The van der Waals surface area contributed by atoms with Crippen molar-refractivity contribution in [1.29, 1.82) is 0 Å². The predicted octanol–water partition coefficient (Wildman–Crippen LogP) is 2.02. The highest BCUT2D eigenvalue weighted by Crippen LogP contribution is 2.27. The summed E-state index contributed by atoms with van der Waals surface area (Å²) in [6, 6.07) is 0. The first kappa shape index (κ1) is 12.9. The van der Waals surface area contributed by atoms with E-state index in [1.54, 1.807) is 14.2 Å². The van der Waals surface area contributed by atoms with Gasteiger partial charge in [-0.1, -0.05) is 19.8 Å². The molecule has 0 spiro atoms. The number of ether oxygens (including phenoxy) is 2. The number of methoxy groups -OCH3 is 2. The van der Waals surface area contributed by atoms with Crippen molar-refractivity contribution in [2.45, 2.75) is 38.9 Å². The minimum absolute atomic E-state index is 0.104. The first-order chi connectivity index (χ1) is 7.26. The molecule has 0 aliphatic heterocycles. The summed E-state index contributed by atoms with van der Waals surface area (Å²) >= 11 is 0. The van der Waals surface area contributed by atoms with Crippen LogP contribution in [-0.4, -0.2) is 33.6 Å². The van der Waals surface area contributed by atoms with Crippen LogP contribution in [0, 0.1) is 11.8 Å². The first-order valence-corrected chi connectivity index (χ1v) is 6.02. The fourth-order valence-electron chi connectivity index (χ4n) is 2.20. The number of hydrogen-bond acceptors (Lipinski definition) is 3. The molecular weight excluding hydrogens is 190 g/mol. The van der Waals surface area contributed by atoms with Gasteiger partial charge in [-0.3, -0.25) is 0 Å². The standard InChI is InChI=1S/C12H25NO2/c1-10-4-6-11(7-5-10)8-13-9-12(14-2)15-3/h10-13H,4-9H2,1-3H3. The number of hydrogen-bond donors (Lipinski definition) is 1. The molecule has 1 rings (SSSR count). The Morgan fingerprint density at radius 1 is 1.13 bits per heavy atom. The highest BCUT2D eigenvalue weighted by molar-refractivity contribution is 4.71. The van der Waals surface area contributed by atoms with E-state index >= 15 is 0 Å².